The SMILES string of the molecule is CC1(C)CCC=C1B1OC(C)(C)C(C)(C)O1. The number of rotatable bonds is 1. The molecule has 16 heavy (non-hydrogen) atoms. The first-order valence-corrected chi connectivity index (χ1v) is 6.22. The van der Waals surface area contributed by atoms with Gasteiger partial charge in [-0.05, 0) is 51.4 Å². The molecule has 3 heteroatoms. The summed E-state index contributed by atoms with van der Waals surface area (Å²) < 4.78 is 12.2. The molecule has 0 spiro atoms. The smallest absolute Gasteiger partial charge is 0.400 e. The highest BCUT2D eigenvalue weighted by Gasteiger charge is 2.54. The van der Waals surface area contributed by atoms with Crippen LogP contribution in [0.25, 0.3) is 0 Å². The molecule has 1 aliphatic heterocycles. The molecule has 0 aromatic carbocycles. The second kappa shape index (κ2) is 3.36. The summed E-state index contributed by atoms with van der Waals surface area (Å²) in [5, 5.41) is 0. The van der Waals surface area contributed by atoms with Gasteiger partial charge in [-0.3, -0.25) is 0 Å². The lowest BCUT2D eigenvalue weighted by Crippen LogP contribution is -2.41. The standard InChI is InChI=1S/C13H23BO2/c1-11(2)9-7-8-10(11)14-15-12(3,4)13(5,6)16-14/h8H,7,9H2,1-6H3. The quantitative estimate of drug-likeness (QED) is 0.633. The lowest BCUT2D eigenvalue weighted by Gasteiger charge is -2.32. The minimum Gasteiger partial charge on any atom is -0.400 e. The predicted molar refractivity (Wildman–Crippen MR) is 67.2 cm³/mol. The van der Waals surface area contributed by atoms with Gasteiger partial charge < -0.3 is 9.31 Å². The minimum atomic E-state index is -0.225. The Kier molecular flexibility index (Phi) is 2.56. The molecule has 1 heterocycles. The van der Waals surface area contributed by atoms with Gasteiger partial charge in [-0.1, -0.05) is 19.9 Å². The maximum absolute atomic E-state index is 6.09. The summed E-state index contributed by atoms with van der Waals surface area (Å²) in [7, 11) is -0.150. The van der Waals surface area contributed by atoms with E-state index in [1.165, 1.54) is 11.9 Å². The first-order chi connectivity index (χ1) is 7.16. The van der Waals surface area contributed by atoms with Gasteiger partial charge in [-0.25, -0.2) is 0 Å². The van der Waals surface area contributed by atoms with Crippen LogP contribution in [0.15, 0.2) is 11.5 Å². The van der Waals surface area contributed by atoms with Gasteiger partial charge in [-0.15, -0.1) is 0 Å². The molecule has 0 radical (unpaired) electrons. The van der Waals surface area contributed by atoms with Gasteiger partial charge in [0.2, 0.25) is 0 Å². The second-order valence-electron chi connectivity index (χ2n) is 6.67. The summed E-state index contributed by atoms with van der Waals surface area (Å²) in [4.78, 5) is 0. The highest BCUT2D eigenvalue weighted by molar-refractivity contribution is 6.55. The van der Waals surface area contributed by atoms with Crippen molar-refractivity contribution in [3.63, 3.8) is 0 Å². The molecule has 0 bridgehead atoms. The van der Waals surface area contributed by atoms with Crippen molar-refractivity contribution in [3.8, 4) is 0 Å². The van der Waals surface area contributed by atoms with Gasteiger partial charge in [0, 0.05) is 0 Å². The third-order valence-corrected chi connectivity index (χ3v) is 4.42. The van der Waals surface area contributed by atoms with Crippen molar-refractivity contribution in [1.82, 2.24) is 0 Å². The van der Waals surface area contributed by atoms with Crippen LogP contribution in [0.4, 0.5) is 0 Å². The predicted octanol–water partition coefficient (Wildman–Crippen LogP) is 3.36. The summed E-state index contributed by atoms with van der Waals surface area (Å²) in [5.74, 6) is 0. The molecule has 0 aromatic rings. The minimum absolute atomic E-state index is 0.150. The largest absolute Gasteiger partial charge is 0.490 e. The van der Waals surface area contributed by atoms with E-state index < -0.39 is 0 Å². The van der Waals surface area contributed by atoms with Crippen LogP contribution in [0.1, 0.15) is 54.4 Å². The molecule has 1 aliphatic carbocycles. The van der Waals surface area contributed by atoms with E-state index in [1.54, 1.807) is 0 Å². The average Bonchev–Trinajstić information content (AvgIpc) is 2.50. The first-order valence-electron chi connectivity index (χ1n) is 6.22. The van der Waals surface area contributed by atoms with Crippen LogP contribution in [0.2, 0.25) is 0 Å². The number of hydrogen-bond acceptors (Lipinski definition) is 2. The fourth-order valence-corrected chi connectivity index (χ4v) is 2.39. The zero-order valence-electron chi connectivity index (χ0n) is 11.4. The third kappa shape index (κ3) is 1.74. The van der Waals surface area contributed by atoms with Crippen LogP contribution in [0.5, 0.6) is 0 Å². The Morgan fingerprint density at radius 2 is 1.50 bits per heavy atom. The van der Waals surface area contributed by atoms with Gasteiger partial charge in [0.05, 0.1) is 11.2 Å². The Morgan fingerprint density at radius 1 is 1.00 bits per heavy atom. The summed E-state index contributed by atoms with van der Waals surface area (Å²) in [6.07, 6.45) is 4.64. The fraction of sp³-hybridized carbons (Fsp3) is 0.846. The van der Waals surface area contributed by atoms with Crippen LogP contribution in [0, 0.1) is 5.41 Å². The van der Waals surface area contributed by atoms with Crippen LogP contribution in [0.3, 0.4) is 0 Å². The molecule has 90 valence electrons. The van der Waals surface area contributed by atoms with Gasteiger partial charge in [-0.2, -0.15) is 0 Å². The summed E-state index contributed by atoms with van der Waals surface area (Å²) >= 11 is 0. The molecule has 0 saturated carbocycles. The van der Waals surface area contributed by atoms with E-state index in [0.29, 0.717) is 0 Å². The van der Waals surface area contributed by atoms with E-state index in [2.05, 4.69) is 47.6 Å². The Bertz CT molecular complexity index is 313. The van der Waals surface area contributed by atoms with E-state index in [4.69, 9.17) is 9.31 Å². The van der Waals surface area contributed by atoms with E-state index >= 15 is 0 Å². The van der Waals surface area contributed by atoms with E-state index in [1.807, 2.05) is 0 Å². The van der Waals surface area contributed by atoms with Gasteiger partial charge in [0.1, 0.15) is 0 Å². The average molecular weight is 222 g/mol. The van der Waals surface area contributed by atoms with Crippen molar-refractivity contribution in [2.75, 3.05) is 0 Å². The molecule has 1 saturated heterocycles. The Balaban J connectivity index is 2.22. The highest BCUT2D eigenvalue weighted by atomic mass is 16.7. The van der Waals surface area contributed by atoms with Gasteiger partial charge in [0.15, 0.2) is 0 Å². The maximum atomic E-state index is 6.09. The zero-order valence-corrected chi connectivity index (χ0v) is 11.4. The van der Waals surface area contributed by atoms with E-state index in [9.17, 15) is 0 Å². The summed E-state index contributed by atoms with van der Waals surface area (Å²) in [6, 6.07) is 0. The van der Waals surface area contributed by atoms with Gasteiger partial charge >= 0.3 is 7.12 Å². The summed E-state index contributed by atoms with van der Waals surface area (Å²) in [5.41, 5.74) is 1.10. The summed E-state index contributed by atoms with van der Waals surface area (Å²) in [6.45, 7) is 13.0. The van der Waals surface area contributed by atoms with Crippen LogP contribution >= 0.6 is 0 Å². The van der Waals surface area contributed by atoms with Crippen molar-refractivity contribution in [3.05, 3.63) is 11.5 Å². The normalized spacial score (nSPS) is 30.6. The second-order valence-corrected chi connectivity index (χ2v) is 6.67. The molecule has 0 aromatic heterocycles. The molecule has 0 amide bonds. The molecule has 1 fully saturated rings. The zero-order chi connectivity index (χ0) is 12.2. The van der Waals surface area contributed by atoms with E-state index in [-0.39, 0.29) is 23.7 Å². The molecule has 2 nitrogen and oxygen atoms in total. The molecule has 0 unspecified atom stereocenters. The van der Waals surface area contributed by atoms with Crippen molar-refractivity contribution in [1.29, 1.82) is 0 Å². The monoisotopic (exact) mass is 222 g/mol. The first kappa shape index (κ1) is 12.2. The van der Waals surface area contributed by atoms with Gasteiger partial charge in [0.25, 0.3) is 0 Å². The van der Waals surface area contributed by atoms with Crippen molar-refractivity contribution >= 4 is 7.12 Å². The Labute approximate surface area is 99.5 Å². The van der Waals surface area contributed by atoms with Crippen molar-refractivity contribution in [2.24, 2.45) is 5.41 Å². The molecular weight excluding hydrogens is 199 g/mol. The fourth-order valence-electron chi connectivity index (χ4n) is 2.39. The maximum Gasteiger partial charge on any atom is 0.490 e. The van der Waals surface area contributed by atoms with Crippen LogP contribution in [-0.4, -0.2) is 18.3 Å². The highest BCUT2D eigenvalue weighted by Crippen LogP contribution is 2.46. The van der Waals surface area contributed by atoms with E-state index in [0.717, 1.165) is 6.42 Å². The molecule has 2 rings (SSSR count). The van der Waals surface area contributed by atoms with Crippen LogP contribution in [-0.2, 0) is 9.31 Å². The van der Waals surface area contributed by atoms with Crippen LogP contribution < -0.4 is 0 Å². The Hall–Kier alpha value is -0.275. The number of hydrogen-bond donors (Lipinski definition) is 0. The molecule has 2 aliphatic rings. The molecular formula is C13H23BO2. The lowest BCUT2D eigenvalue weighted by atomic mass is 9.65. The lowest BCUT2D eigenvalue weighted by molar-refractivity contribution is 0.00578. The van der Waals surface area contributed by atoms with Crippen molar-refractivity contribution < 1.29 is 9.31 Å². The topological polar surface area (TPSA) is 18.5 Å². The molecule has 0 atom stereocenters. The number of allylic oxidation sites excluding steroid dienone is 2. The third-order valence-electron chi connectivity index (χ3n) is 4.42. The van der Waals surface area contributed by atoms with Crippen molar-refractivity contribution in [2.45, 2.75) is 65.6 Å². The molecule has 0 N–H and O–H groups in total. The Morgan fingerprint density at radius 3 is 1.88 bits per heavy atom.